The van der Waals surface area contributed by atoms with Crippen molar-refractivity contribution in [2.75, 3.05) is 31.7 Å². The van der Waals surface area contributed by atoms with Gasteiger partial charge in [-0.25, -0.2) is 4.39 Å². The number of anilines is 1. The van der Waals surface area contributed by atoms with E-state index in [0.717, 1.165) is 36.5 Å². The first-order valence-electron chi connectivity index (χ1n) is 8.90. The number of hydrogen-bond donors (Lipinski definition) is 1. The molecule has 1 fully saturated rings. The standard InChI is InChI=1S/C20H24FN3OS/c1-2-25-18-10-8-17(9-11-18)22-20(26)24-13-5-12-23(15-24)14-16-6-3-4-7-19(16)21/h3-4,6-11H,2,5,12-15H2,1H3,(H,22,26). The number of nitrogens with one attached hydrogen (secondary N) is 1. The molecule has 0 aliphatic carbocycles. The molecule has 3 rings (SSSR count). The highest BCUT2D eigenvalue weighted by molar-refractivity contribution is 7.80. The Hall–Kier alpha value is -2.18. The van der Waals surface area contributed by atoms with E-state index in [2.05, 4.69) is 15.1 Å². The van der Waals surface area contributed by atoms with E-state index in [-0.39, 0.29) is 5.82 Å². The average Bonchev–Trinajstić information content (AvgIpc) is 2.66. The smallest absolute Gasteiger partial charge is 0.174 e. The molecule has 2 aromatic carbocycles. The zero-order chi connectivity index (χ0) is 18.4. The van der Waals surface area contributed by atoms with Gasteiger partial charge < -0.3 is 15.0 Å². The van der Waals surface area contributed by atoms with Crippen LogP contribution in [0.3, 0.4) is 0 Å². The van der Waals surface area contributed by atoms with Crippen molar-refractivity contribution in [2.45, 2.75) is 19.9 Å². The van der Waals surface area contributed by atoms with Gasteiger partial charge in [0, 0.05) is 30.9 Å². The molecule has 2 aromatic rings. The van der Waals surface area contributed by atoms with E-state index in [1.54, 1.807) is 6.07 Å². The lowest BCUT2D eigenvalue weighted by Gasteiger charge is -2.37. The van der Waals surface area contributed by atoms with Gasteiger partial charge in [-0.3, -0.25) is 4.90 Å². The van der Waals surface area contributed by atoms with Gasteiger partial charge >= 0.3 is 0 Å². The minimum absolute atomic E-state index is 0.153. The molecule has 0 radical (unpaired) electrons. The molecule has 1 aliphatic rings. The van der Waals surface area contributed by atoms with Gasteiger partial charge in [0.05, 0.1) is 13.3 Å². The van der Waals surface area contributed by atoms with Crippen molar-refractivity contribution in [2.24, 2.45) is 0 Å². The first-order valence-corrected chi connectivity index (χ1v) is 9.31. The van der Waals surface area contributed by atoms with E-state index in [1.165, 1.54) is 6.07 Å². The summed E-state index contributed by atoms with van der Waals surface area (Å²) >= 11 is 5.57. The summed E-state index contributed by atoms with van der Waals surface area (Å²) in [7, 11) is 0. The fourth-order valence-electron chi connectivity index (χ4n) is 3.03. The molecule has 0 atom stereocenters. The van der Waals surface area contributed by atoms with Gasteiger partial charge in [0.1, 0.15) is 11.6 Å². The van der Waals surface area contributed by atoms with Gasteiger partial charge in [-0.05, 0) is 55.9 Å². The van der Waals surface area contributed by atoms with Crippen LogP contribution >= 0.6 is 12.2 Å². The Labute approximate surface area is 159 Å². The van der Waals surface area contributed by atoms with Gasteiger partial charge in [0.25, 0.3) is 0 Å². The van der Waals surface area contributed by atoms with Crippen LogP contribution in [0.15, 0.2) is 48.5 Å². The van der Waals surface area contributed by atoms with Gasteiger partial charge in [0.2, 0.25) is 0 Å². The second-order valence-electron chi connectivity index (χ2n) is 6.29. The molecular formula is C20H24FN3OS. The van der Waals surface area contributed by atoms with Gasteiger partial charge in [-0.1, -0.05) is 18.2 Å². The molecule has 0 unspecified atom stereocenters. The van der Waals surface area contributed by atoms with E-state index in [0.29, 0.717) is 24.9 Å². The minimum Gasteiger partial charge on any atom is -0.494 e. The third kappa shape index (κ3) is 4.93. The van der Waals surface area contributed by atoms with E-state index in [4.69, 9.17) is 17.0 Å². The minimum atomic E-state index is -0.153. The van der Waals surface area contributed by atoms with Gasteiger partial charge in [-0.2, -0.15) is 0 Å². The van der Waals surface area contributed by atoms with Crippen molar-refractivity contribution >= 4 is 23.0 Å². The third-order valence-electron chi connectivity index (χ3n) is 4.33. The quantitative estimate of drug-likeness (QED) is 0.797. The highest BCUT2D eigenvalue weighted by Crippen LogP contribution is 2.18. The normalized spacial score (nSPS) is 14.9. The molecule has 1 heterocycles. The summed E-state index contributed by atoms with van der Waals surface area (Å²) < 4.78 is 19.3. The number of rotatable bonds is 5. The van der Waals surface area contributed by atoms with Crippen LogP contribution in [0.4, 0.5) is 10.1 Å². The maximum absolute atomic E-state index is 13.9. The molecule has 1 aliphatic heterocycles. The largest absolute Gasteiger partial charge is 0.494 e. The number of benzene rings is 2. The van der Waals surface area contributed by atoms with E-state index < -0.39 is 0 Å². The van der Waals surface area contributed by atoms with Crippen LogP contribution in [0.1, 0.15) is 18.9 Å². The fourth-order valence-corrected chi connectivity index (χ4v) is 3.30. The van der Waals surface area contributed by atoms with Crippen LogP contribution < -0.4 is 10.1 Å². The predicted molar refractivity (Wildman–Crippen MR) is 107 cm³/mol. The second kappa shape index (κ2) is 8.96. The summed E-state index contributed by atoms with van der Waals surface area (Å²) in [4.78, 5) is 4.34. The summed E-state index contributed by atoms with van der Waals surface area (Å²) in [5, 5.41) is 3.97. The highest BCUT2D eigenvalue weighted by atomic mass is 32.1. The van der Waals surface area contributed by atoms with Crippen molar-refractivity contribution in [1.29, 1.82) is 0 Å². The summed E-state index contributed by atoms with van der Waals surface area (Å²) in [6, 6.07) is 14.7. The van der Waals surface area contributed by atoms with Crippen LogP contribution in [0.5, 0.6) is 5.75 Å². The van der Waals surface area contributed by atoms with Crippen molar-refractivity contribution in [3.8, 4) is 5.75 Å². The van der Waals surface area contributed by atoms with Crippen LogP contribution in [0.2, 0.25) is 0 Å². The molecule has 0 amide bonds. The average molecular weight is 373 g/mol. The van der Waals surface area contributed by atoms with Crippen molar-refractivity contribution in [3.05, 3.63) is 59.9 Å². The highest BCUT2D eigenvalue weighted by Gasteiger charge is 2.20. The number of nitrogens with zero attached hydrogens (tertiary/aromatic N) is 2. The lowest BCUT2D eigenvalue weighted by Crippen LogP contribution is -2.48. The maximum Gasteiger partial charge on any atom is 0.174 e. The molecule has 26 heavy (non-hydrogen) atoms. The molecule has 1 saturated heterocycles. The maximum atomic E-state index is 13.9. The van der Waals surface area contributed by atoms with E-state index >= 15 is 0 Å². The Morgan fingerprint density at radius 1 is 1.15 bits per heavy atom. The van der Waals surface area contributed by atoms with Crippen molar-refractivity contribution < 1.29 is 9.13 Å². The summed E-state index contributed by atoms with van der Waals surface area (Å²) in [5.74, 6) is 0.692. The zero-order valence-corrected chi connectivity index (χ0v) is 15.8. The van der Waals surface area contributed by atoms with Gasteiger partial charge in [-0.15, -0.1) is 0 Å². The SMILES string of the molecule is CCOc1ccc(NC(=S)N2CCCN(Cc3ccccc3F)C2)cc1. The Kier molecular flexibility index (Phi) is 6.41. The van der Waals surface area contributed by atoms with Gasteiger partial charge in [0.15, 0.2) is 5.11 Å². The lowest BCUT2D eigenvalue weighted by molar-refractivity contribution is 0.132. The van der Waals surface area contributed by atoms with E-state index in [1.807, 2.05) is 43.3 Å². The first kappa shape index (κ1) is 18.6. The Morgan fingerprint density at radius 3 is 2.65 bits per heavy atom. The van der Waals surface area contributed by atoms with Crippen LogP contribution in [-0.4, -0.2) is 41.3 Å². The molecule has 0 saturated carbocycles. The monoisotopic (exact) mass is 373 g/mol. The molecular weight excluding hydrogens is 349 g/mol. The number of hydrogen-bond acceptors (Lipinski definition) is 3. The number of ether oxygens (including phenoxy) is 1. The summed E-state index contributed by atoms with van der Waals surface area (Å²) in [6.07, 6.45) is 1.000. The zero-order valence-electron chi connectivity index (χ0n) is 15.0. The molecule has 6 heteroatoms. The lowest BCUT2D eigenvalue weighted by atomic mass is 10.2. The first-order chi connectivity index (χ1) is 12.7. The van der Waals surface area contributed by atoms with Crippen LogP contribution in [0, 0.1) is 5.82 Å². The second-order valence-corrected chi connectivity index (χ2v) is 6.68. The third-order valence-corrected chi connectivity index (χ3v) is 4.69. The van der Waals surface area contributed by atoms with E-state index in [9.17, 15) is 4.39 Å². The summed E-state index contributed by atoms with van der Waals surface area (Å²) in [5.41, 5.74) is 1.66. The molecule has 1 N–H and O–H groups in total. The van der Waals surface area contributed by atoms with Crippen LogP contribution in [0.25, 0.3) is 0 Å². The predicted octanol–water partition coefficient (Wildman–Crippen LogP) is 4.09. The molecule has 0 aromatic heterocycles. The summed E-state index contributed by atoms with van der Waals surface area (Å²) in [6.45, 7) is 5.74. The van der Waals surface area contributed by atoms with Crippen molar-refractivity contribution in [3.63, 3.8) is 0 Å². The molecule has 0 spiro atoms. The Bertz CT molecular complexity index is 738. The topological polar surface area (TPSA) is 27.7 Å². The molecule has 138 valence electrons. The fraction of sp³-hybridized carbons (Fsp3) is 0.350. The Balaban J connectivity index is 1.56. The van der Waals surface area contributed by atoms with Crippen molar-refractivity contribution in [1.82, 2.24) is 9.80 Å². The van der Waals surface area contributed by atoms with Crippen LogP contribution in [-0.2, 0) is 6.54 Å². The molecule has 0 bridgehead atoms. The number of thiocarbonyl (C=S) groups is 1. The Morgan fingerprint density at radius 2 is 1.92 bits per heavy atom. The number of halogens is 1. The molecule has 4 nitrogen and oxygen atoms in total.